The predicted molar refractivity (Wildman–Crippen MR) is 149 cm³/mol. The lowest BCUT2D eigenvalue weighted by Crippen LogP contribution is -2.51. The van der Waals surface area contributed by atoms with Crippen LogP contribution in [0.5, 0.6) is 5.75 Å². The average molecular weight is 592 g/mol. The van der Waals surface area contributed by atoms with Gasteiger partial charge in [0.2, 0.25) is 5.91 Å². The van der Waals surface area contributed by atoms with E-state index < -0.39 is 6.04 Å². The summed E-state index contributed by atoms with van der Waals surface area (Å²) in [6.45, 7) is 1.69. The summed E-state index contributed by atoms with van der Waals surface area (Å²) >= 11 is 16.1. The maximum Gasteiger partial charge on any atom is 0.261 e. The Labute approximate surface area is 230 Å². The maximum atomic E-state index is 13.4. The first-order chi connectivity index (χ1) is 17.3. The van der Waals surface area contributed by atoms with Crippen LogP contribution < -0.4 is 10.1 Å². The highest BCUT2D eigenvalue weighted by atomic mass is 79.9. The van der Waals surface area contributed by atoms with Gasteiger partial charge in [0.25, 0.3) is 5.91 Å². The van der Waals surface area contributed by atoms with E-state index in [9.17, 15) is 9.59 Å². The number of halogens is 3. The van der Waals surface area contributed by atoms with Gasteiger partial charge in [0.15, 0.2) is 6.61 Å². The molecule has 190 valence electrons. The van der Waals surface area contributed by atoms with Gasteiger partial charge >= 0.3 is 0 Å². The van der Waals surface area contributed by atoms with E-state index in [1.807, 2.05) is 36.4 Å². The van der Waals surface area contributed by atoms with Crippen molar-refractivity contribution in [1.29, 1.82) is 0 Å². The Hall–Kier alpha value is -2.28. The highest BCUT2D eigenvalue weighted by molar-refractivity contribution is 9.10. The number of nitrogens with one attached hydrogen (secondary N) is 1. The molecule has 0 saturated heterocycles. The van der Waals surface area contributed by atoms with E-state index >= 15 is 0 Å². The molecule has 1 aliphatic rings. The molecule has 1 aliphatic carbocycles. The quantitative estimate of drug-likeness (QED) is 0.302. The van der Waals surface area contributed by atoms with Gasteiger partial charge in [0.1, 0.15) is 11.8 Å². The third kappa shape index (κ3) is 6.53. The lowest BCUT2D eigenvalue weighted by molar-refractivity contribution is -0.142. The number of fused-ring (bicyclic) bond motifs is 1. The van der Waals surface area contributed by atoms with Crippen molar-refractivity contribution in [2.75, 3.05) is 6.61 Å². The van der Waals surface area contributed by atoms with Crippen molar-refractivity contribution in [1.82, 2.24) is 10.2 Å². The fourth-order valence-corrected chi connectivity index (χ4v) is 5.61. The van der Waals surface area contributed by atoms with Crippen LogP contribution in [0.3, 0.4) is 0 Å². The minimum atomic E-state index is -0.699. The first kappa shape index (κ1) is 26.8. The zero-order valence-electron chi connectivity index (χ0n) is 20.1. The molecule has 0 bridgehead atoms. The van der Waals surface area contributed by atoms with Gasteiger partial charge in [-0.3, -0.25) is 9.59 Å². The lowest BCUT2D eigenvalue weighted by atomic mass is 9.95. The van der Waals surface area contributed by atoms with Crippen molar-refractivity contribution < 1.29 is 14.3 Å². The molecular formula is C28H29BrCl2N2O3. The summed E-state index contributed by atoms with van der Waals surface area (Å²) in [4.78, 5) is 28.1. The number of rotatable bonds is 8. The fourth-order valence-electron chi connectivity index (χ4n) is 4.53. The molecule has 36 heavy (non-hydrogen) atoms. The molecule has 0 aromatic heterocycles. The third-order valence-electron chi connectivity index (χ3n) is 6.65. The van der Waals surface area contributed by atoms with Crippen molar-refractivity contribution in [3.63, 3.8) is 0 Å². The molecule has 0 heterocycles. The third-order valence-corrected chi connectivity index (χ3v) is 8.06. The van der Waals surface area contributed by atoms with Crippen LogP contribution in [-0.2, 0) is 16.1 Å². The molecule has 1 fully saturated rings. The molecule has 1 atom stereocenters. The normalized spacial score (nSPS) is 14.9. The highest BCUT2D eigenvalue weighted by Gasteiger charge is 2.29. The number of amides is 2. The van der Waals surface area contributed by atoms with Crippen LogP contribution in [0, 0.1) is 0 Å². The molecule has 0 spiro atoms. The number of carbonyl (C=O) groups is 2. The van der Waals surface area contributed by atoms with Crippen LogP contribution in [0.1, 0.15) is 44.6 Å². The summed E-state index contributed by atoms with van der Waals surface area (Å²) in [6, 6.07) is 16.3. The van der Waals surface area contributed by atoms with Crippen molar-refractivity contribution in [2.45, 2.75) is 57.7 Å². The van der Waals surface area contributed by atoms with Crippen LogP contribution in [0.2, 0.25) is 10.0 Å². The Morgan fingerprint density at radius 1 is 1.08 bits per heavy atom. The van der Waals surface area contributed by atoms with E-state index in [-0.39, 0.29) is 31.0 Å². The van der Waals surface area contributed by atoms with Gasteiger partial charge in [-0.15, -0.1) is 0 Å². The molecule has 0 radical (unpaired) electrons. The van der Waals surface area contributed by atoms with E-state index in [4.69, 9.17) is 27.9 Å². The number of hydrogen-bond acceptors (Lipinski definition) is 3. The van der Waals surface area contributed by atoms with Gasteiger partial charge in [-0.1, -0.05) is 78.9 Å². The molecule has 5 nitrogen and oxygen atoms in total. The van der Waals surface area contributed by atoms with Crippen molar-refractivity contribution in [3.05, 3.63) is 74.7 Å². The van der Waals surface area contributed by atoms with Crippen LogP contribution in [-0.4, -0.2) is 35.4 Å². The molecule has 0 aliphatic heterocycles. The Balaban J connectivity index is 1.52. The standard InChI is InChI=1S/C28H29BrCl2N2O3/c1-18(28(35)32-22-8-3-2-4-9-22)33(16-20-11-13-21(30)15-24(20)31)26(34)17-36-25-14-12-19-7-5-6-10-23(19)27(25)29/h5-7,10-15,18,22H,2-4,8-9,16-17H2,1H3,(H,32,35). The first-order valence-corrected chi connectivity index (χ1v) is 13.7. The second-order valence-corrected chi connectivity index (χ2v) is 10.8. The van der Waals surface area contributed by atoms with Gasteiger partial charge in [-0.05, 0) is 70.2 Å². The number of hydrogen-bond donors (Lipinski definition) is 1. The molecule has 1 unspecified atom stereocenters. The van der Waals surface area contributed by atoms with E-state index in [1.165, 1.54) is 11.3 Å². The Kier molecular flexibility index (Phi) is 9.15. The zero-order chi connectivity index (χ0) is 25.7. The van der Waals surface area contributed by atoms with E-state index in [1.54, 1.807) is 25.1 Å². The molecular weight excluding hydrogens is 563 g/mol. The lowest BCUT2D eigenvalue weighted by Gasteiger charge is -2.31. The maximum absolute atomic E-state index is 13.4. The topological polar surface area (TPSA) is 58.6 Å². The molecule has 4 rings (SSSR count). The van der Waals surface area contributed by atoms with E-state index in [2.05, 4.69) is 21.2 Å². The first-order valence-electron chi connectivity index (χ1n) is 12.2. The summed E-state index contributed by atoms with van der Waals surface area (Å²) in [5, 5.41) is 6.14. The number of nitrogens with zero attached hydrogens (tertiary/aromatic N) is 1. The zero-order valence-corrected chi connectivity index (χ0v) is 23.2. The monoisotopic (exact) mass is 590 g/mol. The summed E-state index contributed by atoms with van der Waals surface area (Å²) in [5.41, 5.74) is 0.707. The Morgan fingerprint density at radius 2 is 1.83 bits per heavy atom. The van der Waals surface area contributed by atoms with Gasteiger partial charge in [0.05, 0.1) is 4.47 Å². The number of ether oxygens (including phenoxy) is 1. The highest BCUT2D eigenvalue weighted by Crippen LogP contribution is 2.33. The Bertz CT molecular complexity index is 1250. The number of benzene rings is 3. The minimum Gasteiger partial charge on any atom is -0.483 e. The Morgan fingerprint density at radius 3 is 2.58 bits per heavy atom. The molecule has 3 aromatic rings. The van der Waals surface area contributed by atoms with Crippen molar-refractivity contribution >= 4 is 61.7 Å². The molecule has 2 amide bonds. The van der Waals surface area contributed by atoms with E-state index in [0.717, 1.165) is 40.9 Å². The fraction of sp³-hybridized carbons (Fsp3) is 0.357. The summed E-state index contributed by atoms with van der Waals surface area (Å²) in [6.07, 6.45) is 5.35. The largest absolute Gasteiger partial charge is 0.483 e. The molecule has 8 heteroatoms. The van der Waals surface area contributed by atoms with Crippen molar-refractivity contribution in [2.24, 2.45) is 0 Å². The summed E-state index contributed by atoms with van der Waals surface area (Å²) in [7, 11) is 0. The van der Waals surface area contributed by atoms with Crippen LogP contribution in [0.15, 0.2) is 59.1 Å². The second-order valence-electron chi connectivity index (χ2n) is 9.16. The van der Waals surface area contributed by atoms with Gasteiger partial charge in [-0.25, -0.2) is 0 Å². The summed E-state index contributed by atoms with van der Waals surface area (Å²) < 4.78 is 6.71. The predicted octanol–water partition coefficient (Wildman–Crippen LogP) is 7.15. The average Bonchev–Trinajstić information content (AvgIpc) is 2.88. The molecule has 1 N–H and O–H groups in total. The molecule has 1 saturated carbocycles. The van der Waals surface area contributed by atoms with Gasteiger partial charge in [0, 0.05) is 22.6 Å². The van der Waals surface area contributed by atoms with E-state index in [0.29, 0.717) is 21.4 Å². The number of carbonyl (C=O) groups excluding carboxylic acids is 2. The molecule has 3 aromatic carbocycles. The summed E-state index contributed by atoms with van der Waals surface area (Å²) in [5.74, 6) is 0.0745. The minimum absolute atomic E-state index is 0.148. The van der Waals surface area contributed by atoms with Crippen LogP contribution >= 0.6 is 39.1 Å². The van der Waals surface area contributed by atoms with Crippen LogP contribution in [0.25, 0.3) is 10.8 Å². The SMILES string of the molecule is CC(C(=O)NC1CCCCC1)N(Cc1ccc(Cl)cc1Cl)C(=O)COc1ccc2ccccc2c1Br. The van der Waals surface area contributed by atoms with Crippen LogP contribution in [0.4, 0.5) is 0 Å². The van der Waals surface area contributed by atoms with Crippen molar-refractivity contribution in [3.8, 4) is 5.75 Å². The van der Waals surface area contributed by atoms with Gasteiger partial charge in [-0.2, -0.15) is 0 Å². The van der Waals surface area contributed by atoms with Gasteiger partial charge < -0.3 is 15.0 Å². The smallest absolute Gasteiger partial charge is 0.261 e. The second kappa shape index (κ2) is 12.3.